The Hall–Kier alpha value is -1.71. The number of carbonyl (C=O) groups is 1. The first-order chi connectivity index (χ1) is 7.60. The van der Waals surface area contributed by atoms with E-state index in [9.17, 15) is 4.79 Å². The third-order valence-electron chi connectivity index (χ3n) is 1.97. The second-order valence-electron chi connectivity index (χ2n) is 3.50. The van der Waals surface area contributed by atoms with E-state index in [1.807, 2.05) is 0 Å². The van der Waals surface area contributed by atoms with Gasteiger partial charge in [-0.25, -0.2) is 4.79 Å². The highest BCUT2D eigenvalue weighted by Gasteiger charge is 2.18. The smallest absolute Gasteiger partial charge is 0.342 e. The summed E-state index contributed by atoms with van der Waals surface area (Å²) in [5, 5.41) is 0. The van der Waals surface area contributed by atoms with Crippen LogP contribution < -0.4 is 9.47 Å². The number of esters is 1. The van der Waals surface area contributed by atoms with Crippen LogP contribution in [-0.4, -0.2) is 26.3 Å². The summed E-state index contributed by atoms with van der Waals surface area (Å²) in [5.74, 6) is 0.502. The lowest BCUT2D eigenvalue weighted by molar-refractivity contribution is 0.0373. The van der Waals surface area contributed by atoms with E-state index in [1.54, 1.807) is 32.0 Å². The van der Waals surface area contributed by atoms with Gasteiger partial charge in [0.25, 0.3) is 0 Å². The Morgan fingerprint density at radius 2 is 1.88 bits per heavy atom. The Bertz CT molecular complexity index is 371. The van der Waals surface area contributed by atoms with Crippen LogP contribution in [0.3, 0.4) is 0 Å². The number of carbonyl (C=O) groups excluding carboxylic acids is 1. The summed E-state index contributed by atoms with van der Waals surface area (Å²) in [4.78, 5) is 11.7. The van der Waals surface area contributed by atoms with E-state index >= 15 is 0 Å². The molecular weight excluding hydrogens is 208 g/mol. The van der Waals surface area contributed by atoms with Crippen LogP contribution in [0.4, 0.5) is 0 Å². The summed E-state index contributed by atoms with van der Waals surface area (Å²) < 4.78 is 15.3. The maximum Gasteiger partial charge on any atom is 0.342 e. The first-order valence-corrected chi connectivity index (χ1v) is 5.02. The average Bonchev–Trinajstić information content (AvgIpc) is 2.26. The van der Waals surface area contributed by atoms with E-state index in [0.29, 0.717) is 17.1 Å². The van der Waals surface area contributed by atoms with Crippen molar-refractivity contribution < 1.29 is 19.0 Å². The zero-order valence-electron chi connectivity index (χ0n) is 9.94. The molecule has 0 aliphatic carbocycles. The van der Waals surface area contributed by atoms with Crippen LogP contribution >= 0.6 is 0 Å². The number of rotatable bonds is 4. The Labute approximate surface area is 95.1 Å². The van der Waals surface area contributed by atoms with Crippen molar-refractivity contribution in [2.24, 2.45) is 0 Å². The summed E-state index contributed by atoms with van der Waals surface area (Å²) >= 11 is 0. The predicted molar refractivity (Wildman–Crippen MR) is 60.1 cm³/mol. The van der Waals surface area contributed by atoms with Gasteiger partial charge in [0.2, 0.25) is 0 Å². The van der Waals surface area contributed by atoms with E-state index < -0.39 is 5.97 Å². The molecule has 0 saturated carbocycles. The van der Waals surface area contributed by atoms with E-state index in [2.05, 4.69) is 0 Å². The van der Waals surface area contributed by atoms with Gasteiger partial charge in [-0.3, -0.25) is 0 Å². The third-order valence-corrected chi connectivity index (χ3v) is 1.97. The largest absolute Gasteiger partial charge is 0.493 e. The molecule has 0 radical (unpaired) electrons. The molecule has 0 aromatic heterocycles. The fourth-order valence-corrected chi connectivity index (χ4v) is 1.33. The molecule has 0 spiro atoms. The molecule has 0 fully saturated rings. The van der Waals surface area contributed by atoms with Crippen LogP contribution in [0.25, 0.3) is 0 Å². The molecule has 4 nitrogen and oxygen atoms in total. The lowest BCUT2D eigenvalue weighted by Gasteiger charge is -2.13. The van der Waals surface area contributed by atoms with E-state index in [0.717, 1.165) is 0 Å². The lowest BCUT2D eigenvalue weighted by atomic mass is 10.2. The highest BCUT2D eigenvalue weighted by molar-refractivity contribution is 5.93. The lowest BCUT2D eigenvalue weighted by Crippen LogP contribution is -2.13. The molecule has 1 rings (SSSR count). The molecule has 1 aromatic carbocycles. The molecule has 0 atom stereocenters. The normalized spacial score (nSPS) is 10.1. The van der Waals surface area contributed by atoms with Gasteiger partial charge < -0.3 is 14.2 Å². The summed E-state index contributed by atoms with van der Waals surface area (Å²) in [6.45, 7) is 3.59. The van der Waals surface area contributed by atoms with Crippen LogP contribution in [0.5, 0.6) is 11.5 Å². The molecule has 0 saturated heterocycles. The van der Waals surface area contributed by atoms with Crippen molar-refractivity contribution in [1.29, 1.82) is 0 Å². The second-order valence-corrected chi connectivity index (χ2v) is 3.50. The molecule has 88 valence electrons. The fourth-order valence-electron chi connectivity index (χ4n) is 1.33. The van der Waals surface area contributed by atoms with Crippen molar-refractivity contribution in [3.8, 4) is 11.5 Å². The van der Waals surface area contributed by atoms with E-state index in [1.165, 1.54) is 14.2 Å². The quantitative estimate of drug-likeness (QED) is 0.736. The fraction of sp³-hybridized carbons (Fsp3) is 0.417. The minimum absolute atomic E-state index is 0.164. The molecule has 0 unspecified atom stereocenters. The zero-order valence-corrected chi connectivity index (χ0v) is 9.94. The Morgan fingerprint density at radius 1 is 1.19 bits per heavy atom. The highest BCUT2D eigenvalue weighted by Crippen LogP contribution is 2.31. The molecule has 0 heterocycles. The van der Waals surface area contributed by atoms with Crippen molar-refractivity contribution in [2.75, 3.05) is 14.2 Å². The number of ether oxygens (including phenoxy) is 3. The Balaban J connectivity index is 3.07. The molecule has 0 N–H and O–H groups in total. The standard InChI is InChI=1S/C12H16O4/c1-8(2)16-12(13)9-6-5-7-10(14-3)11(9)15-4/h5-8H,1-4H3. The van der Waals surface area contributed by atoms with Crippen LogP contribution in [0.2, 0.25) is 0 Å². The van der Waals surface area contributed by atoms with Crippen molar-refractivity contribution in [2.45, 2.75) is 20.0 Å². The maximum absolute atomic E-state index is 11.7. The molecule has 0 bridgehead atoms. The van der Waals surface area contributed by atoms with Gasteiger partial charge in [-0.15, -0.1) is 0 Å². The summed E-state index contributed by atoms with van der Waals surface area (Å²) in [5.41, 5.74) is 0.371. The van der Waals surface area contributed by atoms with Gasteiger partial charge in [0.15, 0.2) is 11.5 Å². The number of benzene rings is 1. The zero-order chi connectivity index (χ0) is 12.1. The first-order valence-electron chi connectivity index (χ1n) is 5.02. The minimum atomic E-state index is -0.411. The van der Waals surface area contributed by atoms with Gasteiger partial charge in [0.05, 0.1) is 20.3 Å². The van der Waals surface area contributed by atoms with Crippen molar-refractivity contribution in [3.05, 3.63) is 23.8 Å². The molecule has 0 amide bonds. The highest BCUT2D eigenvalue weighted by atomic mass is 16.5. The maximum atomic E-state index is 11.7. The van der Waals surface area contributed by atoms with Crippen LogP contribution in [0.15, 0.2) is 18.2 Å². The molecule has 1 aromatic rings. The summed E-state index contributed by atoms with van der Waals surface area (Å²) in [6.07, 6.45) is -0.164. The number of para-hydroxylation sites is 1. The first kappa shape index (κ1) is 12.4. The van der Waals surface area contributed by atoms with E-state index in [-0.39, 0.29) is 6.10 Å². The van der Waals surface area contributed by atoms with Crippen molar-refractivity contribution in [1.82, 2.24) is 0 Å². The average molecular weight is 224 g/mol. The van der Waals surface area contributed by atoms with Crippen molar-refractivity contribution in [3.63, 3.8) is 0 Å². The van der Waals surface area contributed by atoms with Gasteiger partial charge in [0, 0.05) is 0 Å². The van der Waals surface area contributed by atoms with E-state index in [4.69, 9.17) is 14.2 Å². The second kappa shape index (κ2) is 5.39. The van der Waals surface area contributed by atoms with Crippen LogP contribution in [0, 0.1) is 0 Å². The van der Waals surface area contributed by atoms with Gasteiger partial charge in [-0.05, 0) is 26.0 Å². The van der Waals surface area contributed by atoms with Gasteiger partial charge >= 0.3 is 5.97 Å². The summed E-state index contributed by atoms with van der Waals surface area (Å²) in [7, 11) is 3.01. The number of methoxy groups -OCH3 is 2. The molecule has 4 heteroatoms. The van der Waals surface area contributed by atoms with Gasteiger partial charge in [0.1, 0.15) is 5.56 Å². The molecule has 0 aliphatic rings. The predicted octanol–water partition coefficient (Wildman–Crippen LogP) is 2.27. The molecule has 0 aliphatic heterocycles. The Kier molecular flexibility index (Phi) is 4.17. The minimum Gasteiger partial charge on any atom is -0.493 e. The topological polar surface area (TPSA) is 44.8 Å². The van der Waals surface area contributed by atoms with Crippen molar-refractivity contribution >= 4 is 5.97 Å². The SMILES string of the molecule is COc1cccc(C(=O)OC(C)C)c1OC. The van der Waals surface area contributed by atoms with Gasteiger partial charge in [-0.2, -0.15) is 0 Å². The van der Waals surface area contributed by atoms with Crippen LogP contribution in [-0.2, 0) is 4.74 Å². The summed E-state index contributed by atoms with van der Waals surface area (Å²) in [6, 6.07) is 5.09. The molecular formula is C12H16O4. The molecule has 16 heavy (non-hydrogen) atoms. The van der Waals surface area contributed by atoms with Crippen LogP contribution in [0.1, 0.15) is 24.2 Å². The third kappa shape index (κ3) is 2.66. The van der Waals surface area contributed by atoms with Gasteiger partial charge in [-0.1, -0.05) is 6.07 Å². The monoisotopic (exact) mass is 224 g/mol. The Morgan fingerprint density at radius 3 is 2.38 bits per heavy atom. The number of hydrogen-bond donors (Lipinski definition) is 0. The number of hydrogen-bond acceptors (Lipinski definition) is 4.